The Hall–Kier alpha value is -0.510. The van der Waals surface area contributed by atoms with Gasteiger partial charge in [-0.25, -0.2) is 0 Å². The molecule has 1 N–H and O–H groups in total. The standard InChI is InChI=1S/C17H30ClN5O.HI/c1-19-16(23(5)12-15-10-14(18)11-22(15)4)20-13-17(21(2)3)6-8-24-9-7-17;/h10-11H,6-9,12-13H2,1-5H3,(H,19,20);1H. The lowest BCUT2D eigenvalue weighted by Gasteiger charge is -2.43. The molecule has 0 radical (unpaired) electrons. The first-order valence-corrected chi connectivity index (χ1v) is 8.73. The molecule has 1 aromatic rings. The third kappa shape index (κ3) is 5.74. The van der Waals surface area contributed by atoms with Crippen molar-refractivity contribution in [1.29, 1.82) is 0 Å². The molecule has 0 aromatic carbocycles. The molecule has 0 unspecified atom stereocenters. The van der Waals surface area contributed by atoms with Crippen molar-refractivity contribution in [1.82, 2.24) is 19.7 Å². The van der Waals surface area contributed by atoms with E-state index in [4.69, 9.17) is 16.3 Å². The van der Waals surface area contributed by atoms with Crippen LogP contribution in [-0.2, 0) is 18.3 Å². The molecule has 0 aliphatic carbocycles. The van der Waals surface area contributed by atoms with Crippen LogP contribution in [0.2, 0.25) is 5.02 Å². The first kappa shape index (κ1) is 22.5. The summed E-state index contributed by atoms with van der Waals surface area (Å²) >= 11 is 6.08. The van der Waals surface area contributed by atoms with E-state index in [1.54, 1.807) is 0 Å². The van der Waals surface area contributed by atoms with Crippen molar-refractivity contribution in [3.05, 3.63) is 23.0 Å². The molecule has 1 aliphatic rings. The minimum Gasteiger partial charge on any atom is -0.381 e. The van der Waals surface area contributed by atoms with Crippen LogP contribution in [0.1, 0.15) is 18.5 Å². The summed E-state index contributed by atoms with van der Waals surface area (Å²) in [5, 5.41) is 4.31. The second kappa shape index (κ2) is 9.99. The number of hydrogen-bond donors (Lipinski definition) is 1. The summed E-state index contributed by atoms with van der Waals surface area (Å²) in [7, 11) is 10.2. The van der Waals surface area contributed by atoms with E-state index in [1.165, 1.54) is 0 Å². The molecule has 25 heavy (non-hydrogen) atoms. The quantitative estimate of drug-likeness (QED) is 0.397. The Kier molecular flexibility index (Phi) is 9.00. The van der Waals surface area contributed by atoms with Crippen molar-refractivity contribution in [2.45, 2.75) is 24.9 Å². The average molecular weight is 484 g/mol. The molecular formula is C17H31ClIN5O. The van der Waals surface area contributed by atoms with Crippen molar-refractivity contribution in [2.24, 2.45) is 12.0 Å². The highest BCUT2D eigenvalue weighted by atomic mass is 127. The number of likely N-dealkylation sites (N-methyl/N-ethyl adjacent to an activating group) is 1. The van der Waals surface area contributed by atoms with Gasteiger partial charge in [-0.05, 0) is 33.0 Å². The van der Waals surface area contributed by atoms with E-state index in [9.17, 15) is 0 Å². The number of nitrogens with zero attached hydrogens (tertiary/aromatic N) is 4. The third-order valence-electron chi connectivity index (χ3n) is 4.99. The summed E-state index contributed by atoms with van der Waals surface area (Å²) in [6.07, 6.45) is 3.98. The Labute approximate surface area is 173 Å². The summed E-state index contributed by atoms with van der Waals surface area (Å²) in [4.78, 5) is 8.87. The van der Waals surface area contributed by atoms with Gasteiger partial charge in [0.15, 0.2) is 5.96 Å². The molecule has 2 heterocycles. The van der Waals surface area contributed by atoms with Crippen molar-refractivity contribution in [3.8, 4) is 0 Å². The molecule has 1 aliphatic heterocycles. The molecule has 1 aromatic heterocycles. The minimum atomic E-state index is 0. The largest absolute Gasteiger partial charge is 0.381 e. The van der Waals surface area contributed by atoms with E-state index in [-0.39, 0.29) is 29.5 Å². The fourth-order valence-electron chi connectivity index (χ4n) is 3.20. The predicted molar refractivity (Wildman–Crippen MR) is 115 cm³/mol. The zero-order chi connectivity index (χ0) is 17.7. The Morgan fingerprint density at radius 1 is 1.36 bits per heavy atom. The van der Waals surface area contributed by atoms with Crippen LogP contribution >= 0.6 is 35.6 Å². The highest BCUT2D eigenvalue weighted by Crippen LogP contribution is 2.25. The van der Waals surface area contributed by atoms with Crippen LogP contribution in [0.4, 0.5) is 0 Å². The van der Waals surface area contributed by atoms with E-state index < -0.39 is 0 Å². The fourth-order valence-corrected chi connectivity index (χ4v) is 3.48. The number of aromatic nitrogens is 1. The lowest BCUT2D eigenvalue weighted by Crippen LogP contribution is -2.57. The van der Waals surface area contributed by atoms with Gasteiger partial charge in [0.1, 0.15) is 0 Å². The molecule has 144 valence electrons. The summed E-state index contributed by atoms with van der Waals surface area (Å²) in [5.74, 6) is 0.889. The number of guanidine groups is 1. The number of ether oxygens (including phenoxy) is 1. The lowest BCUT2D eigenvalue weighted by atomic mass is 9.88. The molecule has 0 saturated carbocycles. The lowest BCUT2D eigenvalue weighted by molar-refractivity contribution is -0.00522. The predicted octanol–water partition coefficient (Wildman–Crippen LogP) is 2.41. The molecule has 6 nitrogen and oxygen atoms in total. The van der Waals surface area contributed by atoms with Gasteiger partial charge in [-0.3, -0.25) is 4.99 Å². The average Bonchev–Trinajstić information content (AvgIpc) is 2.86. The summed E-state index contributed by atoms with van der Waals surface area (Å²) in [6, 6.07) is 1.99. The Morgan fingerprint density at radius 2 is 2.00 bits per heavy atom. The van der Waals surface area contributed by atoms with Gasteiger partial charge in [-0.15, -0.1) is 24.0 Å². The summed E-state index contributed by atoms with van der Waals surface area (Å²) in [5.41, 5.74) is 1.27. The topological polar surface area (TPSA) is 45.0 Å². The molecule has 0 atom stereocenters. The van der Waals surface area contributed by atoms with Gasteiger partial charge in [-0.1, -0.05) is 11.6 Å². The molecule has 8 heteroatoms. The van der Waals surface area contributed by atoms with Gasteiger partial charge in [0, 0.05) is 58.3 Å². The zero-order valence-corrected chi connectivity index (χ0v) is 19.0. The van der Waals surface area contributed by atoms with Crippen molar-refractivity contribution in [3.63, 3.8) is 0 Å². The van der Waals surface area contributed by atoms with Crippen LogP contribution in [0.5, 0.6) is 0 Å². The van der Waals surface area contributed by atoms with Crippen molar-refractivity contribution in [2.75, 3.05) is 47.9 Å². The van der Waals surface area contributed by atoms with Gasteiger partial charge in [0.25, 0.3) is 0 Å². The van der Waals surface area contributed by atoms with E-state index in [0.29, 0.717) is 0 Å². The Bertz CT molecular complexity index is 569. The highest BCUT2D eigenvalue weighted by molar-refractivity contribution is 14.0. The SMILES string of the molecule is CN=C(NCC1(N(C)C)CCOCC1)N(C)Cc1cc(Cl)cn1C.I. The number of nitrogens with one attached hydrogen (secondary N) is 1. The monoisotopic (exact) mass is 483 g/mol. The van der Waals surface area contributed by atoms with Crippen LogP contribution < -0.4 is 5.32 Å². The maximum Gasteiger partial charge on any atom is 0.193 e. The van der Waals surface area contributed by atoms with Gasteiger partial charge < -0.3 is 24.4 Å². The van der Waals surface area contributed by atoms with E-state index in [0.717, 1.165) is 55.8 Å². The molecule has 0 spiro atoms. The van der Waals surface area contributed by atoms with E-state index >= 15 is 0 Å². The van der Waals surface area contributed by atoms with Crippen LogP contribution in [0.15, 0.2) is 17.3 Å². The minimum absolute atomic E-state index is 0. The molecular weight excluding hydrogens is 453 g/mol. The fraction of sp³-hybridized carbons (Fsp3) is 0.706. The number of rotatable bonds is 5. The molecule has 2 rings (SSSR count). The molecule has 1 fully saturated rings. The number of hydrogen-bond acceptors (Lipinski definition) is 3. The van der Waals surface area contributed by atoms with Gasteiger partial charge >= 0.3 is 0 Å². The number of aryl methyl sites for hydroxylation is 1. The zero-order valence-electron chi connectivity index (χ0n) is 15.9. The number of halogens is 2. The normalized spacial score (nSPS) is 17.3. The maximum absolute atomic E-state index is 6.08. The summed E-state index contributed by atoms with van der Waals surface area (Å²) in [6.45, 7) is 3.24. The van der Waals surface area contributed by atoms with Crippen LogP contribution in [0.3, 0.4) is 0 Å². The molecule has 0 amide bonds. The summed E-state index contributed by atoms with van der Waals surface area (Å²) < 4.78 is 7.59. The van der Waals surface area contributed by atoms with Gasteiger partial charge in [0.05, 0.1) is 11.6 Å². The second-order valence-electron chi connectivity index (χ2n) is 6.75. The number of aliphatic imine (C=N–C) groups is 1. The molecule has 0 bridgehead atoms. The maximum atomic E-state index is 6.08. The van der Waals surface area contributed by atoms with Crippen molar-refractivity contribution < 1.29 is 4.74 Å². The highest BCUT2D eigenvalue weighted by Gasteiger charge is 2.35. The second-order valence-corrected chi connectivity index (χ2v) is 7.18. The van der Waals surface area contributed by atoms with E-state index in [2.05, 4.69) is 34.2 Å². The van der Waals surface area contributed by atoms with E-state index in [1.807, 2.05) is 38.0 Å². The van der Waals surface area contributed by atoms with Crippen LogP contribution in [0.25, 0.3) is 0 Å². The third-order valence-corrected chi connectivity index (χ3v) is 5.20. The first-order valence-electron chi connectivity index (χ1n) is 8.36. The molecule has 1 saturated heterocycles. The van der Waals surface area contributed by atoms with Crippen LogP contribution in [-0.4, -0.2) is 73.8 Å². The van der Waals surface area contributed by atoms with Gasteiger partial charge in [-0.2, -0.15) is 0 Å². The van der Waals surface area contributed by atoms with Crippen LogP contribution in [0, 0.1) is 0 Å². The smallest absolute Gasteiger partial charge is 0.193 e. The van der Waals surface area contributed by atoms with Crippen molar-refractivity contribution >= 4 is 41.5 Å². The van der Waals surface area contributed by atoms with Gasteiger partial charge in [0.2, 0.25) is 0 Å². The Morgan fingerprint density at radius 3 is 2.48 bits per heavy atom. The Balaban J connectivity index is 0.00000312. The first-order chi connectivity index (χ1) is 11.4.